The van der Waals surface area contributed by atoms with Crippen LogP contribution in [0, 0.1) is 6.92 Å². The molecule has 1 fully saturated rings. The Bertz CT molecular complexity index is 388. The normalized spacial score (nSPS) is 20.0. The molecule has 1 aromatic carbocycles. The second-order valence-electron chi connectivity index (χ2n) is 5.78. The quantitative estimate of drug-likeness (QED) is 0.791. The number of ether oxygens (including phenoxy) is 2. The van der Waals surface area contributed by atoms with Crippen molar-refractivity contribution in [1.82, 2.24) is 0 Å². The van der Waals surface area contributed by atoms with E-state index in [0.29, 0.717) is 12.7 Å². The summed E-state index contributed by atoms with van der Waals surface area (Å²) in [6.45, 7) is 3.72. The predicted molar refractivity (Wildman–Crippen MR) is 82.1 cm³/mol. The Hall–Kier alpha value is -1.06. The lowest BCUT2D eigenvalue weighted by atomic mass is 10.0. The molecule has 2 atom stereocenters. The van der Waals surface area contributed by atoms with Gasteiger partial charge in [-0.1, -0.05) is 12.1 Å². The van der Waals surface area contributed by atoms with Gasteiger partial charge in [-0.2, -0.15) is 0 Å². The molecule has 0 spiro atoms. The third-order valence-corrected chi connectivity index (χ3v) is 3.87. The molecule has 2 N–H and O–H groups in total. The van der Waals surface area contributed by atoms with Crippen molar-refractivity contribution in [3.05, 3.63) is 29.8 Å². The molecule has 3 nitrogen and oxygen atoms in total. The van der Waals surface area contributed by atoms with E-state index in [0.717, 1.165) is 38.0 Å². The zero-order valence-corrected chi connectivity index (χ0v) is 12.5. The Labute approximate surface area is 122 Å². The molecule has 1 saturated heterocycles. The van der Waals surface area contributed by atoms with Gasteiger partial charge in [0.1, 0.15) is 5.75 Å². The first kappa shape index (κ1) is 15.3. The van der Waals surface area contributed by atoms with Crippen molar-refractivity contribution in [2.45, 2.75) is 57.6 Å². The number of benzene rings is 1. The van der Waals surface area contributed by atoms with Crippen LogP contribution >= 0.6 is 0 Å². The summed E-state index contributed by atoms with van der Waals surface area (Å²) in [6.07, 6.45) is 7.25. The van der Waals surface area contributed by atoms with Crippen LogP contribution in [0.4, 0.5) is 0 Å². The van der Waals surface area contributed by atoms with Crippen molar-refractivity contribution < 1.29 is 9.47 Å². The van der Waals surface area contributed by atoms with Crippen molar-refractivity contribution in [2.24, 2.45) is 5.73 Å². The summed E-state index contributed by atoms with van der Waals surface area (Å²) < 4.78 is 11.4. The molecular weight excluding hydrogens is 250 g/mol. The van der Waals surface area contributed by atoms with E-state index in [1.165, 1.54) is 18.4 Å². The Kier molecular flexibility index (Phi) is 6.34. The van der Waals surface area contributed by atoms with Crippen molar-refractivity contribution in [1.29, 1.82) is 0 Å². The highest BCUT2D eigenvalue weighted by molar-refractivity contribution is 5.27. The summed E-state index contributed by atoms with van der Waals surface area (Å²) in [7, 11) is 0. The molecule has 1 heterocycles. The van der Waals surface area contributed by atoms with E-state index in [1.807, 2.05) is 12.1 Å². The molecule has 0 aliphatic carbocycles. The highest BCUT2D eigenvalue weighted by atomic mass is 16.5. The summed E-state index contributed by atoms with van der Waals surface area (Å²) in [4.78, 5) is 0. The van der Waals surface area contributed by atoms with Gasteiger partial charge in [-0.15, -0.1) is 0 Å². The maximum atomic E-state index is 6.13. The number of nitrogens with two attached hydrogens (primary N) is 1. The minimum Gasteiger partial charge on any atom is -0.494 e. The molecule has 1 aliphatic rings. The molecule has 0 bridgehead atoms. The average Bonchev–Trinajstić information content (AvgIpc) is 2.92. The standard InChI is InChI=1S/C17H27NO2/c1-14-5-2-8-17(13-14)20-12-10-15(18)6-3-7-16-9-4-11-19-16/h2,5,8,13,15-16H,3-4,6-7,9-12,18H2,1H3. The number of rotatable bonds is 8. The van der Waals surface area contributed by atoms with Crippen LogP contribution in [0.5, 0.6) is 5.75 Å². The van der Waals surface area contributed by atoms with Crippen LogP contribution < -0.4 is 10.5 Å². The van der Waals surface area contributed by atoms with Gasteiger partial charge in [-0.05, 0) is 63.1 Å². The molecule has 20 heavy (non-hydrogen) atoms. The van der Waals surface area contributed by atoms with Crippen LogP contribution in [0.3, 0.4) is 0 Å². The van der Waals surface area contributed by atoms with Gasteiger partial charge in [0, 0.05) is 12.6 Å². The first-order chi connectivity index (χ1) is 9.74. The van der Waals surface area contributed by atoms with E-state index in [-0.39, 0.29) is 6.04 Å². The zero-order chi connectivity index (χ0) is 14.2. The Morgan fingerprint density at radius 1 is 1.40 bits per heavy atom. The van der Waals surface area contributed by atoms with Crippen LogP contribution in [0.1, 0.15) is 44.1 Å². The van der Waals surface area contributed by atoms with Crippen LogP contribution in [-0.4, -0.2) is 25.4 Å². The van der Waals surface area contributed by atoms with Gasteiger partial charge in [0.25, 0.3) is 0 Å². The van der Waals surface area contributed by atoms with Crippen LogP contribution in [0.25, 0.3) is 0 Å². The van der Waals surface area contributed by atoms with Gasteiger partial charge >= 0.3 is 0 Å². The molecule has 0 amide bonds. The van der Waals surface area contributed by atoms with Crippen molar-refractivity contribution in [3.8, 4) is 5.75 Å². The molecule has 1 aliphatic heterocycles. The fourth-order valence-electron chi connectivity index (χ4n) is 2.66. The summed E-state index contributed by atoms with van der Waals surface area (Å²) in [5.74, 6) is 0.941. The lowest BCUT2D eigenvalue weighted by Gasteiger charge is -2.14. The Morgan fingerprint density at radius 3 is 3.05 bits per heavy atom. The second-order valence-corrected chi connectivity index (χ2v) is 5.78. The fourth-order valence-corrected chi connectivity index (χ4v) is 2.66. The molecule has 0 aromatic heterocycles. The summed E-state index contributed by atoms with van der Waals surface area (Å²) in [5, 5.41) is 0. The van der Waals surface area contributed by atoms with Crippen molar-refractivity contribution >= 4 is 0 Å². The zero-order valence-electron chi connectivity index (χ0n) is 12.5. The molecule has 3 heteroatoms. The smallest absolute Gasteiger partial charge is 0.119 e. The molecule has 1 aromatic rings. The molecule has 0 radical (unpaired) electrons. The Morgan fingerprint density at radius 2 is 2.30 bits per heavy atom. The van der Waals surface area contributed by atoms with E-state index in [4.69, 9.17) is 15.2 Å². The van der Waals surface area contributed by atoms with Crippen LogP contribution in [-0.2, 0) is 4.74 Å². The summed E-state index contributed by atoms with van der Waals surface area (Å²) in [6, 6.07) is 8.38. The third kappa shape index (κ3) is 5.51. The van der Waals surface area contributed by atoms with Gasteiger partial charge in [-0.3, -0.25) is 0 Å². The minimum absolute atomic E-state index is 0.237. The predicted octanol–water partition coefficient (Wildman–Crippen LogP) is 3.44. The molecule has 112 valence electrons. The van der Waals surface area contributed by atoms with E-state index >= 15 is 0 Å². The van der Waals surface area contributed by atoms with Gasteiger partial charge in [-0.25, -0.2) is 0 Å². The lowest BCUT2D eigenvalue weighted by molar-refractivity contribution is 0.101. The molecule has 2 rings (SSSR count). The lowest BCUT2D eigenvalue weighted by Crippen LogP contribution is -2.23. The van der Waals surface area contributed by atoms with Crippen LogP contribution in [0.15, 0.2) is 24.3 Å². The topological polar surface area (TPSA) is 44.5 Å². The van der Waals surface area contributed by atoms with Crippen LogP contribution in [0.2, 0.25) is 0 Å². The van der Waals surface area contributed by atoms with Gasteiger partial charge in [0.05, 0.1) is 12.7 Å². The largest absolute Gasteiger partial charge is 0.494 e. The van der Waals surface area contributed by atoms with E-state index in [2.05, 4.69) is 19.1 Å². The van der Waals surface area contributed by atoms with Gasteiger partial charge in [0.2, 0.25) is 0 Å². The number of hydrogen-bond acceptors (Lipinski definition) is 3. The van der Waals surface area contributed by atoms with Crippen molar-refractivity contribution in [2.75, 3.05) is 13.2 Å². The van der Waals surface area contributed by atoms with Gasteiger partial charge in [0.15, 0.2) is 0 Å². The van der Waals surface area contributed by atoms with E-state index < -0.39 is 0 Å². The first-order valence-electron chi connectivity index (χ1n) is 7.80. The average molecular weight is 277 g/mol. The maximum absolute atomic E-state index is 6.13. The molecule has 0 saturated carbocycles. The number of aryl methyl sites for hydroxylation is 1. The minimum atomic E-state index is 0.237. The second kappa shape index (κ2) is 8.28. The van der Waals surface area contributed by atoms with E-state index in [1.54, 1.807) is 0 Å². The maximum Gasteiger partial charge on any atom is 0.119 e. The Balaban J connectivity index is 1.54. The third-order valence-electron chi connectivity index (χ3n) is 3.87. The number of hydrogen-bond donors (Lipinski definition) is 1. The molecular formula is C17H27NO2. The summed E-state index contributed by atoms with van der Waals surface area (Å²) in [5.41, 5.74) is 7.36. The van der Waals surface area contributed by atoms with Crippen molar-refractivity contribution in [3.63, 3.8) is 0 Å². The highest BCUT2D eigenvalue weighted by Gasteiger charge is 2.15. The highest BCUT2D eigenvalue weighted by Crippen LogP contribution is 2.18. The fraction of sp³-hybridized carbons (Fsp3) is 0.647. The van der Waals surface area contributed by atoms with E-state index in [9.17, 15) is 0 Å². The molecule has 2 unspecified atom stereocenters. The summed E-state index contributed by atoms with van der Waals surface area (Å²) >= 11 is 0. The van der Waals surface area contributed by atoms with Gasteiger partial charge < -0.3 is 15.2 Å². The SMILES string of the molecule is Cc1cccc(OCCC(N)CCCC2CCCO2)c1. The first-order valence-corrected chi connectivity index (χ1v) is 7.80. The monoisotopic (exact) mass is 277 g/mol.